The molecule has 13 heteroatoms. The number of carboxylic acids is 1. The molecular formula is C37H55N5O7S. The van der Waals surface area contributed by atoms with Crippen molar-refractivity contribution in [2.45, 2.75) is 117 Å². The van der Waals surface area contributed by atoms with Gasteiger partial charge in [0.1, 0.15) is 22.8 Å². The smallest absolute Gasteiger partial charge is 0.326 e. The number of rotatable bonds is 18. The Kier molecular flexibility index (Phi) is 15.8. The van der Waals surface area contributed by atoms with Crippen LogP contribution in [0, 0.1) is 11.8 Å². The maximum atomic E-state index is 14.5. The first-order valence-corrected chi connectivity index (χ1v) is 18.7. The van der Waals surface area contributed by atoms with Crippen LogP contribution in [0.15, 0.2) is 35.7 Å². The normalized spacial score (nSPS) is 18.0. The van der Waals surface area contributed by atoms with Crippen molar-refractivity contribution in [3.63, 3.8) is 0 Å². The number of hydrogen-bond acceptors (Lipinski definition) is 9. The number of aliphatic carboxylic acids is 1. The molecule has 50 heavy (non-hydrogen) atoms. The zero-order valence-electron chi connectivity index (χ0n) is 30.5. The van der Waals surface area contributed by atoms with Gasteiger partial charge in [-0.1, -0.05) is 77.8 Å². The van der Waals surface area contributed by atoms with E-state index in [0.29, 0.717) is 24.4 Å². The van der Waals surface area contributed by atoms with E-state index in [2.05, 4.69) is 20.5 Å². The van der Waals surface area contributed by atoms with Crippen LogP contribution in [0.5, 0.6) is 0 Å². The fourth-order valence-electron chi connectivity index (χ4n) is 6.40. The maximum Gasteiger partial charge on any atom is 0.326 e. The third kappa shape index (κ3) is 11.3. The monoisotopic (exact) mass is 713 g/mol. The van der Waals surface area contributed by atoms with Crippen molar-refractivity contribution in [2.75, 3.05) is 20.1 Å². The number of ether oxygens (including phenoxy) is 1. The number of hydrogen-bond donors (Lipinski definition) is 3. The van der Waals surface area contributed by atoms with Gasteiger partial charge in [-0.2, -0.15) is 0 Å². The number of thiazole rings is 1. The number of nitrogens with one attached hydrogen (secondary N) is 2. The van der Waals surface area contributed by atoms with Crippen LogP contribution in [0.2, 0.25) is 0 Å². The van der Waals surface area contributed by atoms with Gasteiger partial charge in [-0.3, -0.25) is 24.1 Å². The van der Waals surface area contributed by atoms with Gasteiger partial charge >= 0.3 is 11.9 Å². The van der Waals surface area contributed by atoms with E-state index in [0.717, 1.165) is 42.7 Å². The first-order chi connectivity index (χ1) is 23.8. The lowest BCUT2D eigenvalue weighted by molar-refractivity contribution is -0.149. The zero-order valence-corrected chi connectivity index (χ0v) is 31.3. The minimum absolute atomic E-state index is 0.0104. The summed E-state index contributed by atoms with van der Waals surface area (Å²) in [4.78, 5) is 73.9. The Labute approximate surface area is 300 Å². The second kappa shape index (κ2) is 19.5. The fourth-order valence-corrected chi connectivity index (χ4v) is 7.24. The molecule has 3 N–H and O–H groups in total. The average Bonchev–Trinajstić information content (AvgIpc) is 3.58. The minimum atomic E-state index is -1.17. The van der Waals surface area contributed by atoms with Crippen LogP contribution in [-0.2, 0) is 30.3 Å². The van der Waals surface area contributed by atoms with Gasteiger partial charge in [-0.25, -0.2) is 9.78 Å². The van der Waals surface area contributed by atoms with E-state index in [1.807, 2.05) is 52.6 Å². The van der Waals surface area contributed by atoms with E-state index < -0.39 is 42.1 Å². The predicted molar refractivity (Wildman–Crippen MR) is 193 cm³/mol. The molecule has 3 amide bonds. The van der Waals surface area contributed by atoms with E-state index in [9.17, 15) is 29.1 Å². The second-order valence-electron chi connectivity index (χ2n) is 13.7. The molecule has 1 aromatic heterocycles. The highest BCUT2D eigenvalue weighted by Gasteiger charge is 2.38. The van der Waals surface area contributed by atoms with Gasteiger partial charge in [0.2, 0.25) is 11.8 Å². The molecule has 2 heterocycles. The predicted octanol–water partition coefficient (Wildman–Crippen LogP) is 4.84. The largest absolute Gasteiger partial charge is 0.480 e. The van der Waals surface area contributed by atoms with Gasteiger partial charge in [-0.15, -0.1) is 11.3 Å². The second-order valence-corrected chi connectivity index (χ2v) is 14.6. The number of piperidine rings is 1. The Bertz CT molecular complexity index is 1430. The third-order valence-electron chi connectivity index (χ3n) is 9.45. The Morgan fingerprint density at radius 3 is 2.36 bits per heavy atom. The first-order valence-electron chi connectivity index (χ1n) is 17.8. The summed E-state index contributed by atoms with van der Waals surface area (Å²) in [6.07, 6.45) is 3.57. The zero-order chi connectivity index (χ0) is 37.0. The van der Waals surface area contributed by atoms with Crippen LogP contribution in [0.1, 0.15) is 107 Å². The standard InChI is InChI=1S/C37H55N5O7S/c1-8-18-42(36(46)32(24(5)9-2)40-34(45)29-17-13-14-19-41(29)7)30(23(3)4)21-31(49-25(6)43)35-39-28(22-50-35)33(44)38-27(37(47)48)20-26-15-11-10-12-16-26/h10-12,15-16,22-24,27,29-32H,8-9,13-14,17-21H2,1-7H3,(H,38,44)(H,40,45)(H,47,48)/t24-,27?,29?,30?,31?,32?/m0/s1. The van der Waals surface area contributed by atoms with Crippen molar-refractivity contribution in [3.8, 4) is 0 Å². The molecule has 0 aliphatic carbocycles. The lowest BCUT2D eigenvalue weighted by Crippen LogP contribution is -2.58. The molecule has 1 fully saturated rings. The van der Waals surface area contributed by atoms with Gasteiger partial charge in [-0.05, 0) is 50.3 Å². The summed E-state index contributed by atoms with van der Waals surface area (Å²) in [6, 6.07) is 6.44. The van der Waals surface area contributed by atoms with Crippen LogP contribution < -0.4 is 10.6 Å². The number of carboxylic acid groups (broad SMARTS) is 1. The van der Waals surface area contributed by atoms with E-state index in [1.165, 1.54) is 12.3 Å². The van der Waals surface area contributed by atoms with Gasteiger partial charge in [0.25, 0.3) is 5.91 Å². The minimum Gasteiger partial charge on any atom is -0.480 e. The number of nitrogens with zero attached hydrogens (tertiary/aromatic N) is 3. The van der Waals surface area contributed by atoms with E-state index >= 15 is 0 Å². The summed E-state index contributed by atoms with van der Waals surface area (Å²) < 4.78 is 5.77. The van der Waals surface area contributed by atoms with E-state index in [4.69, 9.17) is 4.74 Å². The summed E-state index contributed by atoms with van der Waals surface area (Å²) in [5, 5.41) is 17.3. The highest BCUT2D eigenvalue weighted by Crippen LogP contribution is 2.32. The number of amides is 3. The van der Waals surface area contributed by atoms with Crippen LogP contribution in [0.3, 0.4) is 0 Å². The van der Waals surface area contributed by atoms with Crippen molar-refractivity contribution in [1.82, 2.24) is 25.4 Å². The van der Waals surface area contributed by atoms with Gasteiger partial charge < -0.3 is 25.4 Å². The molecular weight excluding hydrogens is 659 g/mol. The number of carbonyl (C=O) groups excluding carboxylic acids is 4. The van der Waals surface area contributed by atoms with Crippen molar-refractivity contribution < 1.29 is 33.8 Å². The topological polar surface area (TPSA) is 158 Å². The molecule has 0 radical (unpaired) electrons. The number of esters is 1. The quantitative estimate of drug-likeness (QED) is 0.184. The molecule has 1 aliphatic heterocycles. The Hall–Kier alpha value is -3.84. The molecule has 276 valence electrons. The molecule has 3 rings (SSSR count). The lowest BCUT2D eigenvalue weighted by atomic mass is 9.92. The number of benzene rings is 1. The third-order valence-corrected chi connectivity index (χ3v) is 10.4. The molecule has 1 saturated heterocycles. The Balaban J connectivity index is 1.86. The summed E-state index contributed by atoms with van der Waals surface area (Å²) in [5.74, 6) is -2.85. The van der Waals surface area contributed by atoms with Crippen molar-refractivity contribution in [1.29, 1.82) is 0 Å². The molecule has 1 aliphatic rings. The molecule has 0 saturated carbocycles. The summed E-state index contributed by atoms with van der Waals surface area (Å²) in [7, 11) is 1.94. The van der Waals surface area contributed by atoms with Gasteiger partial charge in [0, 0.05) is 37.7 Å². The number of likely N-dealkylation sites (N-methyl/N-ethyl adjacent to an activating group) is 1. The highest BCUT2D eigenvalue weighted by atomic mass is 32.1. The SMILES string of the molecule is CCCN(C(=O)C(NC(=O)C1CCCCN1C)[C@@H](C)CC)C(CC(OC(C)=O)c1nc(C(=O)NC(Cc2ccccc2)C(=O)O)cs1)C(C)C. The molecule has 1 aromatic carbocycles. The Morgan fingerprint density at radius 2 is 1.78 bits per heavy atom. The van der Waals surface area contributed by atoms with Crippen LogP contribution in [0.25, 0.3) is 0 Å². The fraction of sp³-hybridized carbons (Fsp3) is 0.622. The van der Waals surface area contributed by atoms with E-state index in [-0.39, 0.29) is 48.2 Å². The van der Waals surface area contributed by atoms with Crippen molar-refractivity contribution >= 4 is 41.0 Å². The molecule has 6 atom stereocenters. The maximum absolute atomic E-state index is 14.5. The van der Waals surface area contributed by atoms with E-state index in [1.54, 1.807) is 24.3 Å². The lowest BCUT2D eigenvalue weighted by Gasteiger charge is -2.40. The summed E-state index contributed by atoms with van der Waals surface area (Å²) in [6.45, 7) is 12.5. The molecule has 0 spiro atoms. The van der Waals surface area contributed by atoms with Crippen molar-refractivity contribution in [2.24, 2.45) is 11.8 Å². The van der Waals surface area contributed by atoms with Gasteiger partial charge in [0.15, 0.2) is 6.10 Å². The number of likely N-dealkylation sites (tertiary alicyclic amines) is 1. The first kappa shape index (κ1) is 40.6. The molecule has 0 bridgehead atoms. The van der Waals surface area contributed by atoms with Crippen molar-refractivity contribution in [3.05, 3.63) is 52.0 Å². The van der Waals surface area contributed by atoms with Crippen LogP contribution in [-0.4, -0.2) is 93.9 Å². The highest BCUT2D eigenvalue weighted by molar-refractivity contribution is 7.09. The molecule has 2 aromatic rings. The summed E-state index contributed by atoms with van der Waals surface area (Å²) in [5.41, 5.74) is 0.771. The average molecular weight is 714 g/mol. The molecule has 12 nitrogen and oxygen atoms in total. The van der Waals surface area contributed by atoms with Gasteiger partial charge in [0.05, 0.1) is 6.04 Å². The molecule has 5 unspecified atom stereocenters. The number of aromatic nitrogens is 1. The van der Waals surface area contributed by atoms with Crippen LogP contribution >= 0.6 is 11.3 Å². The number of carbonyl (C=O) groups is 5. The van der Waals surface area contributed by atoms with Crippen LogP contribution in [0.4, 0.5) is 0 Å². The Morgan fingerprint density at radius 1 is 1.08 bits per heavy atom. The summed E-state index contributed by atoms with van der Waals surface area (Å²) >= 11 is 1.13.